The highest BCUT2D eigenvalue weighted by Crippen LogP contribution is 2.31. The first-order valence-electron chi connectivity index (χ1n) is 7.61. The third-order valence-corrected chi connectivity index (χ3v) is 5.01. The van der Waals surface area contributed by atoms with Crippen LogP contribution in [0.2, 0.25) is 0 Å². The Balaban J connectivity index is 1.93. The van der Waals surface area contributed by atoms with Crippen molar-refractivity contribution in [1.82, 2.24) is 20.0 Å². The maximum atomic E-state index is 13.0. The summed E-state index contributed by atoms with van der Waals surface area (Å²) in [5.41, 5.74) is 0.805. The van der Waals surface area contributed by atoms with Crippen LogP contribution in [0.15, 0.2) is 4.52 Å². The molecule has 118 valence electrons. The Labute approximate surface area is 133 Å². The van der Waals surface area contributed by atoms with Gasteiger partial charge < -0.3 is 9.42 Å². The number of likely N-dealkylation sites (tertiary alicyclic amines) is 1. The topological polar surface area (TPSA) is 72.1 Å². The number of carbonyl (C=O) groups excluding carboxylic acids is 1. The molecule has 6 nitrogen and oxygen atoms in total. The lowest BCUT2D eigenvalue weighted by molar-refractivity contribution is 0.0674. The molecule has 3 heterocycles. The number of thiazole rings is 1. The van der Waals surface area contributed by atoms with Gasteiger partial charge in [-0.3, -0.25) is 4.79 Å². The Hall–Kier alpha value is -1.76. The quantitative estimate of drug-likeness (QED) is 0.849. The highest BCUT2D eigenvalue weighted by molar-refractivity contribution is 7.13. The molecule has 0 spiro atoms. The van der Waals surface area contributed by atoms with Crippen molar-refractivity contribution in [3.05, 3.63) is 27.3 Å². The molecule has 22 heavy (non-hydrogen) atoms. The number of rotatable bonds is 2. The van der Waals surface area contributed by atoms with Gasteiger partial charge in [-0.25, -0.2) is 4.98 Å². The molecule has 0 aromatic carbocycles. The summed E-state index contributed by atoms with van der Waals surface area (Å²) < 4.78 is 5.11. The smallest absolute Gasteiger partial charge is 0.266 e. The van der Waals surface area contributed by atoms with Crippen LogP contribution in [0.3, 0.4) is 0 Å². The third-order valence-electron chi connectivity index (χ3n) is 3.95. The first kappa shape index (κ1) is 15.1. The van der Waals surface area contributed by atoms with Gasteiger partial charge >= 0.3 is 0 Å². The molecule has 1 atom stereocenters. The van der Waals surface area contributed by atoms with E-state index in [4.69, 9.17) is 4.52 Å². The van der Waals surface area contributed by atoms with Crippen molar-refractivity contribution in [3.63, 3.8) is 0 Å². The van der Waals surface area contributed by atoms with E-state index >= 15 is 0 Å². The molecule has 1 amide bonds. The zero-order valence-corrected chi connectivity index (χ0v) is 13.9. The predicted molar refractivity (Wildman–Crippen MR) is 82.9 cm³/mol. The molecule has 1 fully saturated rings. The summed E-state index contributed by atoms with van der Waals surface area (Å²) in [5, 5.41) is 4.96. The van der Waals surface area contributed by atoms with E-state index in [1.807, 2.05) is 18.7 Å². The fourth-order valence-corrected chi connectivity index (χ4v) is 3.81. The van der Waals surface area contributed by atoms with Crippen LogP contribution in [-0.2, 0) is 0 Å². The van der Waals surface area contributed by atoms with Gasteiger partial charge in [-0.05, 0) is 26.7 Å². The molecule has 0 unspecified atom stereocenters. The lowest BCUT2D eigenvalue weighted by Gasteiger charge is -2.27. The SMILES string of the molecule is Cc1nc([C@H]2CCCCCN2C(=O)c2sc(C)nc2C)no1. The molecule has 0 N–H and O–H groups in total. The average molecular weight is 320 g/mol. The van der Waals surface area contributed by atoms with E-state index in [1.54, 1.807) is 6.92 Å². The minimum atomic E-state index is -0.103. The van der Waals surface area contributed by atoms with E-state index in [0.717, 1.165) is 47.8 Å². The zero-order chi connectivity index (χ0) is 15.7. The summed E-state index contributed by atoms with van der Waals surface area (Å²) in [6.45, 7) is 6.32. The fourth-order valence-electron chi connectivity index (χ4n) is 2.93. The highest BCUT2D eigenvalue weighted by atomic mass is 32.1. The van der Waals surface area contributed by atoms with Crippen LogP contribution in [-0.4, -0.2) is 32.5 Å². The third kappa shape index (κ3) is 2.90. The number of hydrogen-bond donors (Lipinski definition) is 0. The molecule has 1 aliphatic rings. The number of aromatic nitrogens is 3. The van der Waals surface area contributed by atoms with Crippen molar-refractivity contribution in [2.45, 2.75) is 52.5 Å². The highest BCUT2D eigenvalue weighted by Gasteiger charge is 2.32. The monoisotopic (exact) mass is 320 g/mol. The summed E-state index contributed by atoms with van der Waals surface area (Å²) in [5.74, 6) is 1.19. The molecule has 3 rings (SSSR count). The van der Waals surface area contributed by atoms with Gasteiger partial charge in [0.2, 0.25) is 5.89 Å². The maximum absolute atomic E-state index is 13.0. The van der Waals surface area contributed by atoms with Crippen LogP contribution in [0.5, 0.6) is 0 Å². The van der Waals surface area contributed by atoms with Crippen LogP contribution >= 0.6 is 11.3 Å². The van der Waals surface area contributed by atoms with Crippen molar-refractivity contribution < 1.29 is 9.32 Å². The van der Waals surface area contributed by atoms with Crippen molar-refractivity contribution in [2.24, 2.45) is 0 Å². The van der Waals surface area contributed by atoms with E-state index in [1.165, 1.54) is 11.3 Å². The number of nitrogens with zero attached hydrogens (tertiary/aromatic N) is 4. The lowest BCUT2D eigenvalue weighted by atomic mass is 10.1. The Kier molecular flexibility index (Phi) is 4.24. The fraction of sp³-hybridized carbons (Fsp3) is 0.600. The van der Waals surface area contributed by atoms with E-state index in [0.29, 0.717) is 11.7 Å². The molecule has 1 saturated heterocycles. The second-order valence-corrected chi connectivity index (χ2v) is 6.89. The molecule has 0 bridgehead atoms. The van der Waals surface area contributed by atoms with Gasteiger partial charge in [0.15, 0.2) is 5.82 Å². The molecule has 0 aliphatic carbocycles. The largest absolute Gasteiger partial charge is 0.340 e. The number of hydrogen-bond acceptors (Lipinski definition) is 6. The first-order valence-corrected chi connectivity index (χ1v) is 8.43. The molecular weight excluding hydrogens is 300 g/mol. The van der Waals surface area contributed by atoms with E-state index in [9.17, 15) is 4.79 Å². The molecule has 7 heteroatoms. The van der Waals surface area contributed by atoms with Crippen LogP contribution in [0.1, 0.15) is 63.8 Å². The van der Waals surface area contributed by atoms with Crippen LogP contribution < -0.4 is 0 Å². The average Bonchev–Trinajstić information content (AvgIpc) is 2.95. The van der Waals surface area contributed by atoms with Gasteiger partial charge in [-0.1, -0.05) is 18.0 Å². The molecule has 0 radical (unpaired) electrons. The lowest BCUT2D eigenvalue weighted by Crippen LogP contribution is -2.35. The van der Waals surface area contributed by atoms with Gasteiger partial charge in [0.05, 0.1) is 16.7 Å². The summed E-state index contributed by atoms with van der Waals surface area (Å²) in [6, 6.07) is -0.103. The first-order chi connectivity index (χ1) is 10.6. The molecular formula is C15H20N4O2S. The zero-order valence-electron chi connectivity index (χ0n) is 13.1. The van der Waals surface area contributed by atoms with Crippen LogP contribution in [0.25, 0.3) is 0 Å². The molecule has 1 aliphatic heterocycles. The van der Waals surface area contributed by atoms with Crippen molar-refractivity contribution in [2.75, 3.05) is 6.54 Å². The standard InChI is InChI=1S/C15H20N4O2S/c1-9-13(22-11(3)16-9)15(20)19-8-6-4-5-7-12(19)14-17-10(2)21-18-14/h12H,4-8H2,1-3H3/t12-/m1/s1. The molecule has 2 aromatic rings. The Morgan fingerprint density at radius 3 is 2.68 bits per heavy atom. The summed E-state index contributed by atoms with van der Waals surface area (Å²) >= 11 is 1.46. The maximum Gasteiger partial charge on any atom is 0.266 e. The Bertz CT molecular complexity index is 679. The Morgan fingerprint density at radius 2 is 2.05 bits per heavy atom. The van der Waals surface area contributed by atoms with Crippen molar-refractivity contribution in [1.29, 1.82) is 0 Å². The normalized spacial score (nSPS) is 19.2. The van der Waals surface area contributed by atoms with Gasteiger partial charge in [-0.15, -0.1) is 11.3 Å². The van der Waals surface area contributed by atoms with Gasteiger partial charge in [0.25, 0.3) is 5.91 Å². The predicted octanol–water partition coefficient (Wildman–Crippen LogP) is 3.21. The second kappa shape index (κ2) is 6.16. The van der Waals surface area contributed by atoms with E-state index < -0.39 is 0 Å². The van der Waals surface area contributed by atoms with Crippen LogP contribution in [0.4, 0.5) is 0 Å². The van der Waals surface area contributed by atoms with Crippen molar-refractivity contribution in [3.8, 4) is 0 Å². The van der Waals surface area contributed by atoms with Crippen molar-refractivity contribution >= 4 is 17.2 Å². The minimum absolute atomic E-state index is 0.0393. The summed E-state index contributed by atoms with van der Waals surface area (Å²) in [6.07, 6.45) is 4.08. The van der Waals surface area contributed by atoms with Gasteiger partial charge in [-0.2, -0.15) is 4.98 Å². The molecule has 0 saturated carbocycles. The van der Waals surface area contributed by atoms with E-state index in [2.05, 4.69) is 15.1 Å². The van der Waals surface area contributed by atoms with E-state index in [-0.39, 0.29) is 11.9 Å². The van der Waals surface area contributed by atoms with Gasteiger partial charge in [0.1, 0.15) is 4.88 Å². The molecule has 2 aromatic heterocycles. The second-order valence-electron chi connectivity index (χ2n) is 5.68. The Morgan fingerprint density at radius 1 is 1.23 bits per heavy atom. The van der Waals surface area contributed by atoms with Crippen LogP contribution in [0, 0.1) is 20.8 Å². The summed E-state index contributed by atoms with van der Waals surface area (Å²) in [4.78, 5) is 24.3. The summed E-state index contributed by atoms with van der Waals surface area (Å²) in [7, 11) is 0. The van der Waals surface area contributed by atoms with Gasteiger partial charge in [0, 0.05) is 13.5 Å². The number of amides is 1. The minimum Gasteiger partial charge on any atom is -0.340 e. The number of aryl methyl sites for hydroxylation is 3. The number of carbonyl (C=O) groups is 1.